The summed E-state index contributed by atoms with van der Waals surface area (Å²) < 4.78 is 0. The maximum absolute atomic E-state index is 2.44. The van der Waals surface area contributed by atoms with Gasteiger partial charge in [-0.2, -0.15) is 0 Å². The smallest absolute Gasteiger partial charge is 0.0172 e. The van der Waals surface area contributed by atoms with Crippen molar-refractivity contribution in [3.8, 4) is 0 Å². The molecular weight excluding hydrogens is 312 g/mol. The van der Waals surface area contributed by atoms with Gasteiger partial charge in [-0.3, -0.25) is 0 Å². The summed E-state index contributed by atoms with van der Waals surface area (Å²) in [6.07, 6.45) is 4.10. The van der Waals surface area contributed by atoms with Crippen molar-refractivity contribution < 1.29 is 0 Å². The Morgan fingerprint density at radius 2 is 0.846 bits per heavy atom. The largest absolute Gasteiger partial charge is 0.0620 e. The highest BCUT2D eigenvalue weighted by Crippen LogP contribution is 2.80. The lowest BCUT2D eigenvalue weighted by atomic mass is 9.56. The molecule has 5 atom stereocenters. The standard InChI is InChI=1S/C26H22/c1-3-10-18-16(8-1)22-14-7-15-23-17-9-2-4-11-19(17)25-21-13-6-5-12-20(21)24(18)26(22,23)25/h1-6,8-13,22-25H,7,14-15H2/t22-,23+,24-,25-,26?/m1/s1. The van der Waals surface area contributed by atoms with Crippen LogP contribution in [0, 0.1) is 5.41 Å². The molecule has 3 aromatic rings. The minimum atomic E-state index is 0.356. The molecule has 0 aromatic heterocycles. The molecule has 0 aliphatic heterocycles. The quantitative estimate of drug-likeness (QED) is 0.451. The van der Waals surface area contributed by atoms with Gasteiger partial charge in [-0.25, -0.2) is 0 Å². The van der Waals surface area contributed by atoms with Crippen LogP contribution in [0.15, 0.2) is 72.8 Å². The first-order valence-corrected chi connectivity index (χ1v) is 10.2. The van der Waals surface area contributed by atoms with Crippen LogP contribution in [0.25, 0.3) is 0 Å². The topological polar surface area (TPSA) is 0 Å². The first-order valence-electron chi connectivity index (χ1n) is 10.2. The minimum absolute atomic E-state index is 0.356. The average molecular weight is 334 g/mol. The summed E-state index contributed by atoms with van der Waals surface area (Å²) in [5.74, 6) is 2.60. The molecule has 0 N–H and O–H groups in total. The molecular formula is C26H22. The predicted octanol–water partition coefficient (Wildman–Crippen LogP) is 6.33. The molecule has 126 valence electrons. The van der Waals surface area contributed by atoms with Crippen molar-refractivity contribution in [2.24, 2.45) is 5.41 Å². The minimum Gasteiger partial charge on any atom is -0.0620 e. The van der Waals surface area contributed by atoms with E-state index < -0.39 is 0 Å². The third-order valence-electron chi connectivity index (χ3n) is 8.18. The number of hydrogen-bond donors (Lipinski definition) is 0. The summed E-state index contributed by atoms with van der Waals surface area (Å²) in [7, 11) is 0. The molecule has 1 unspecified atom stereocenters. The zero-order valence-corrected chi connectivity index (χ0v) is 14.9. The molecule has 26 heavy (non-hydrogen) atoms. The highest BCUT2D eigenvalue weighted by molar-refractivity contribution is 5.66. The lowest BCUT2D eigenvalue weighted by Crippen LogP contribution is -2.37. The van der Waals surface area contributed by atoms with Gasteiger partial charge in [0.2, 0.25) is 0 Å². The Labute approximate surface area is 154 Å². The van der Waals surface area contributed by atoms with E-state index in [2.05, 4.69) is 72.8 Å². The van der Waals surface area contributed by atoms with Crippen LogP contribution >= 0.6 is 0 Å². The van der Waals surface area contributed by atoms with Crippen LogP contribution in [0.5, 0.6) is 0 Å². The van der Waals surface area contributed by atoms with Crippen LogP contribution in [-0.2, 0) is 0 Å². The van der Waals surface area contributed by atoms with Gasteiger partial charge in [0, 0.05) is 17.3 Å². The fourth-order valence-electron chi connectivity index (χ4n) is 7.72. The zero-order valence-electron chi connectivity index (χ0n) is 14.9. The SMILES string of the molecule is c1ccc2c(c1)[C@H]1c3ccccc3[C@H]3CCC[C@H]4c5ccccc5[C@H]2C134. The summed E-state index contributed by atoms with van der Waals surface area (Å²) in [4.78, 5) is 0. The van der Waals surface area contributed by atoms with E-state index in [0.29, 0.717) is 29.1 Å². The second-order valence-electron chi connectivity index (χ2n) is 8.79. The zero-order chi connectivity index (χ0) is 16.9. The summed E-state index contributed by atoms with van der Waals surface area (Å²) in [5, 5.41) is 0. The van der Waals surface area contributed by atoms with Crippen LogP contribution in [0.4, 0.5) is 0 Å². The highest BCUT2D eigenvalue weighted by atomic mass is 14.7. The van der Waals surface area contributed by atoms with E-state index in [4.69, 9.17) is 0 Å². The van der Waals surface area contributed by atoms with Gasteiger partial charge in [-0.15, -0.1) is 0 Å². The van der Waals surface area contributed by atoms with Crippen molar-refractivity contribution in [2.45, 2.75) is 42.9 Å². The van der Waals surface area contributed by atoms with Crippen LogP contribution in [0.1, 0.15) is 76.3 Å². The lowest BCUT2D eigenvalue weighted by molar-refractivity contribution is 0.125. The Bertz CT molecular complexity index is 974. The molecule has 0 saturated heterocycles. The van der Waals surface area contributed by atoms with Crippen molar-refractivity contribution in [1.29, 1.82) is 0 Å². The predicted molar refractivity (Wildman–Crippen MR) is 105 cm³/mol. The van der Waals surface area contributed by atoms with E-state index in [1.54, 1.807) is 33.4 Å². The first-order chi connectivity index (χ1) is 12.9. The number of benzene rings is 3. The molecule has 0 radical (unpaired) electrons. The van der Waals surface area contributed by atoms with Gasteiger partial charge in [0.05, 0.1) is 0 Å². The van der Waals surface area contributed by atoms with Gasteiger partial charge < -0.3 is 0 Å². The third-order valence-corrected chi connectivity index (χ3v) is 8.18. The van der Waals surface area contributed by atoms with Crippen molar-refractivity contribution >= 4 is 0 Å². The van der Waals surface area contributed by atoms with Gasteiger partial charge in [-0.05, 0) is 58.1 Å². The molecule has 7 rings (SSSR count). The number of rotatable bonds is 0. The molecule has 1 spiro atoms. The van der Waals surface area contributed by atoms with Crippen LogP contribution in [0.2, 0.25) is 0 Å². The van der Waals surface area contributed by atoms with E-state index in [1.807, 2.05) is 0 Å². The van der Waals surface area contributed by atoms with E-state index in [-0.39, 0.29) is 0 Å². The van der Waals surface area contributed by atoms with Crippen LogP contribution in [-0.4, -0.2) is 0 Å². The first kappa shape index (κ1) is 13.8. The molecule has 1 fully saturated rings. The monoisotopic (exact) mass is 334 g/mol. The van der Waals surface area contributed by atoms with Crippen molar-refractivity contribution in [3.05, 3.63) is 106 Å². The normalized spacial score (nSPS) is 34.6. The molecule has 0 bridgehead atoms. The lowest BCUT2D eigenvalue weighted by Gasteiger charge is -2.46. The maximum atomic E-state index is 2.44. The Kier molecular flexibility index (Phi) is 2.38. The molecule has 4 aliphatic rings. The van der Waals surface area contributed by atoms with Crippen molar-refractivity contribution in [3.63, 3.8) is 0 Å². The van der Waals surface area contributed by atoms with E-state index in [9.17, 15) is 0 Å². The van der Waals surface area contributed by atoms with E-state index in [0.717, 1.165) is 0 Å². The van der Waals surface area contributed by atoms with Gasteiger partial charge in [0.15, 0.2) is 0 Å². The summed E-state index contributed by atoms with van der Waals surface area (Å²) in [6, 6.07) is 28.2. The Balaban J connectivity index is 1.64. The van der Waals surface area contributed by atoms with Crippen molar-refractivity contribution in [1.82, 2.24) is 0 Å². The van der Waals surface area contributed by atoms with Crippen LogP contribution in [0.3, 0.4) is 0 Å². The summed E-state index contributed by atoms with van der Waals surface area (Å²) >= 11 is 0. The van der Waals surface area contributed by atoms with E-state index >= 15 is 0 Å². The maximum Gasteiger partial charge on any atom is 0.0172 e. The van der Waals surface area contributed by atoms with Crippen LogP contribution < -0.4 is 0 Å². The van der Waals surface area contributed by atoms with Crippen molar-refractivity contribution in [2.75, 3.05) is 0 Å². The summed E-state index contributed by atoms with van der Waals surface area (Å²) in [6.45, 7) is 0. The van der Waals surface area contributed by atoms with Gasteiger partial charge >= 0.3 is 0 Å². The third kappa shape index (κ3) is 1.29. The highest BCUT2D eigenvalue weighted by Gasteiger charge is 2.69. The Hall–Kier alpha value is -2.34. The molecule has 4 aliphatic carbocycles. The Morgan fingerprint density at radius 3 is 1.27 bits per heavy atom. The van der Waals surface area contributed by atoms with Gasteiger partial charge in [-0.1, -0.05) is 79.2 Å². The van der Waals surface area contributed by atoms with E-state index in [1.165, 1.54) is 19.3 Å². The fraction of sp³-hybridized carbons (Fsp3) is 0.308. The molecule has 1 saturated carbocycles. The molecule has 0 heteroatoms. The van der Waals surface area contributed by atoms with Gasteiger partial charge in [0.25, 0.3) is 0 Å². The molecule has 0 amide bonds. The Morgan fingerprint density at radius 1 is 0.500 bits per heavy atom. The van der Waals surface area contributed by atoms with Gasteiger partial charge in [0.1, 0.15) is 0 Å². The second kappa shape index (κ2) is 4.49. The average Bonchev–Trinajstić information content (AvgIpc) is 3.26. The number of fused-ring (bicyclic) bond motifs is 9. The fourth-order valence-corrected chi connectivity index (χ4v) is 7.72. The molecule has 3 aromatic carbocycles. The number of hydrogen-bond acceptors (Lipinski definition) is 0. The molecule has 0 heterocycles. The molecule has 0 nitrogen and oxygen atoms in total. The summed E-state index contributed by atoms with van der Waals surface area (Å²) in [5.41, 5.74) is 10.2. The second-order valence-corrected chi connectivity index (χ2v) is 8.79.